The highest BCUT2D eigenvalue weighted by molar-refractivity contribution is 7.89. The average Bonchev–Trinajstić information content (AvgIpc) is 3.03. The molecule has 1 heterocycles. The van der Waals surface area contributed by atoms with Gasteiger partial charge in [0.15, 0.2) is 0 Å². The van der Waals surface area contributed by atoms with Gasteiger partial charge in [0.1, 0.15) is 4.90 Å². The Bertz CT molecular complexity index is 610. The predicted molar refractivity (Wildman–Crippen MR) is 68.1 cm³/mol. The normalized spacial score (nSPS) is 16.8. The van der Waals surface area contributed by atoms with Crippen molar-refractivity contribution in [3.05, 3.63) is 24.0 Å². The van der Waals surface area contributed by atoms with E-state index in [2.05, 4.69) is 21.5 Å². The van der Waals surface area contributed by atoms with Gasteiger partial charge in [-0.2, -0.15) is 0 Å². The second kappa shape index (κ2) is 4.69. The summed E-state index contributed by atoms with van der Waals surface area (Å²) in [5.74, 6) is 5.43. The van der Waals surface area contributed by atoms with Crippen LogP contribution in [0.4, 0.5) is 0 Å². The highest BCUT2D eigenvalue weighted by Crippen LogP contribution is 2.35. The van der Waals surface area contributed by atoms with Crippen molar-refractivity contribution in [1.82, 2.24) is 9.71 Å². The van der Waals surface area contributed by atoms with Crippen LogP contribution >= 0.6 is 0 Å². The molecule has 3 N–H and O–H groups in total. The summed E-state index contributed by atoms with van der Waals surface area (Å²) in [5.41, 5.74) is 5.52. The Kier molecular flexibility index (Phi) is 3.39. The van der Waals surface area contributed by atoms with Crippen molar-refractivity contribution in [2.24, 2.45) is 5.73 Å². The van der Waals surface area contributed by atoms with Gasteiger partial charge in [-0.05, 0) is 25.8 Å². The number of aromatic nitrogens is 1. The van der Waals surface area contributed by atoms with Crippen LogP contribution in [0.5, 0.6) is 0 Å². The van der Waals surface area contributed by atoms with Crippen molar-refractivity contribution in [3.8, 4) is 11.8 Å². The van der Waals surface area contributed by atoms with Gasteiger partial charge in [-0.3, -0.25) is 4.98 Å². The molecule has 1 aromatic heterocycles. The molecule has 0 aromatic carbocycles. The Morgan fingerprint density at radius 1 is 1.50 bits per heavy atom. The monoisotopic (exact) mass is 265 g/mol. The molecule has 0 spiro atoms. The molecule has 1 aliphatic rings. The summed E-state index contributed by atoms with van der Waals surface area (Å²) < 4.78 is 26.8. The first-order valence-corrected chi connectivity index (χ1v) is 7.11. The summed E-state index contributed by atoms with van der Waals surface area (Å²) in [5, 5.41) is 0. The molecule has 0 saturated heterocycles. The maximum absolute atomic E-state index is 12.1. The lowest BCUT2D eigenvalue weighted by Crippen LogP contribution is -2.34. The molecule has 96 valence electrons. The quantitative estimate of drug-likeness (QED) is 0.766. The van der Waals surface area contributed by atoms with Gasteiger partial charge in [-0.25, -0.2) is 13.1 Å². The number of pyridine rings is 1. The molecule has 0 amide bonds. The van der Waals surface area contributed by atoms with E-state index < -0.39 is 10.0 Å². The molecule has 1 aliphatic carbocycles. The topological polar surface area (TPSA) is 85.1 Å². The zero-order valence-corrected chi connectivity index (χ0v) is 10.9. The van der Waals surface area contributed by atoms with Crippen LogP contribution in [0.15, 0.2) is 23.4 Å². The molecule has 1 aromatic rings. The van der Waals surface area contributed by atoms with Crippen molar-refractivity contribution in [2.45, 2.75) is 30.2 Å². The van der Waals surface area contributed by atoms with Gasteiger partial charge < -0.3 is 5.73 Å². The van der Waals surface area contributed by atoms with E-state index in [0.29, 0.717) is 5.56 Å². The summed E-state index contributed by atoms with van der Waals surface area (Å²) in [6.07, 6.45) is 4.57. The molecule has 18 heavy (non-hydrogen) atoms. The summed E-state index contributed by atoms with van der Waals surface area (Å²) in [6.45, 7) is 2.11. The van der Waals surface area contributed by atoms with Gasteiger partial charge in [0.05, 0.1) is 6.54 Å². The van der Waals surface area contributed by atoms with Crippen molar-refractivity contribution >= 4 is 10.0 Å². The predicted octanol–water partition coefficient (Wildman–Crippen LogP) is 0.223. The maximum Gasteiger partial charge on any atom is 0.242 e. The van der Waals surface area contributed by atoms with Gasteiger partial charge >= 0.3 is 0 Å². The molecule has 0 bridgehead atoms. The van der Waals surface area contributed by atoms with Crippen LogP contribution in [0, 0.1) is 11.8 Å². The van der Waals surface area contributed by atoms with Crippen molar-refractivity contribution < 1.29 is 8.42 Å². The third kappa shape index (κ3) is 3.07. The Morgan fingerprint density at radius 3 is 2.83 bits per heavy atom. The summed E-state index contributed by atoms with van der Waals surface area (Å²) in [6, 6.07) is 1.50. The van der Waals surface area contributed by atoms with Crippen LogP contribution in [0.2, 0.25) is 0 Å². The van der Waals surface area contributed by atoms with Gasteiger partial charge in [0.2, 0.25) is 10.0 Å². The van der Waals surface area contributed by atoms with Crippen LogP contribution < -0.4 is 10.5 Å². The number of sulfonamides is 1. The van der Waals surface area contributed by atoms with Crippen LogP contribution in [-0.2, 0) is 10.0 Å². The molecule has 0 atom stereocenters. The molecular formula is C12H15N3O2S. The summed E-state index contributed by atoms with van der Waals surface area (Å²) in [4.78, 5) is 4.03. The molecule has 0 radical (unpaired) electrons. The summed E-state index contributed by atoms with van der Waals surface area (Å²) >= 11 is 0. The fraction of sp³-hybridized carbons (Fsp3) is 0.417. The largest absolute Gasteiger partial charge is 0.320 e. The molecule has 6 heteroatoms. The van der Waals surface area contributed by atoms with Crippen LogP contribution in [0.1, 0.15) is 25.3 Å². The lowest BCUT2D eigenvalue weighted by atomic mass is 10.3. The minimum absolute atomic E-state index is 0.138. The van der Waals surface area contributed by atoms with E-state index in [9.17, 15) is 8.42 Å². The molecule has 5 nitrogen and oxygen atoms in total. The fourth-order valence-corrected chi connectivity index (χ4v) is 2.91. The first-order chi connectivity index (χ1) is 8.45. The SMILES string of the molecule is CC1(NS(=O)(=O)c2cncc(C#CCN)c2)CC1. The Morgan fingerprint density at radius 2 is 2.22 bits per heavy atom. The minimum Gasteiger partial charge on any atom is -0.320 e. The third-order valence-corrected chi connectivity index (χ3v) is 4.34. The first kappa shape index (κ1) is 13.0. The maximum atomic E-state index is 12.1. The van der Waals surface area contributed by atoms with E-state index in [4.69, 9.17) is 5.73 Å². The lowest BCUT2D eigenvalue weighted by Gasteiger charge is -2.11. The van der Waals surface area contributed by atoms with Gasteiger partial charge in [-0.1, -0.05) is 11.8 Å². The molecule has 0 unspecified atom stereocenters. The average molecular weight is 265 g/mol. The Balaban J connectivity index is 2.27. The highest BCUT2D eigenvalue weighted by atomic mass is 32.2. The van der Waals surface area contributed by atoms with E-state index >= 15 is 0 Å². The smallest absolute Gasteiger partial charge is 0.242 e. The van der Waals surface area contributed by atoms with Gasteiger partial charge in [-0.15, -0.1) is 0 Å². The highest BCUT2D eigenvalue weighted by Gasteiger charge is 2.41. The van der Waals surface area contributed by atoms with Gasteiger partial charge in [0.25, 0.3) is 0 Å². The Labute approximate surface area is 107 Å². The number of rotatable bonds is 3. The lowest BCUT2D eigenvalue weighted by molar-refractivity contribution is 0.557. The van der Waals surface area contributed by atoms with Crippen LogP contribution in [-0.4, -0.2) is 25.5 Å². The third-order valence-electron chi connectivity index (χ3n) is 2.74. The van der Waals surface area contributed by atoms with E-state index in [1.807, 2.05) is 6.92 Å². The standard InChI is InChI=1S/C12H15N3O2S/c1-12(4-5-12)15-18(16,17)11-7-10(3-2-6-13)8-14-9-11/h7-9,15H,4-6,13H2,1H3. The van der Waals surface area contributed by atoms with E-state index in [1.54, 1.807) is 0 Å². The van der Waals surface area contributed by atoms with E-state index in [-0.39, 0.29) is 17.0 Å². The van der Waals surface area contributed by atoms with Crippen molar-refractivity contribution in [3.63, 3.8) is 0 Å². The second-order valence-electron chi connectivity index (χ2n) is 4.58. The zero-order chi connectivity index (χ0) is 13.2. The van der Waals surface area contributed by atoms with Gasteiger partial charge in [0, 0.05) is 23.5 Å². The minimum atomic E-state index is -3.51. The number of hydrogen-bond acceptors (Lipinski definition) is 4. The number of nitrogens with one attached hydrogen (secondary N) is 1. The molecule has 1 saturated carbocycles. The molecular weight excluding hydrogens is 250 g/mol. The van der Waals surface area contributed by atoms with Crippen molar-refractivity contribution in [2.75, 3.05) is 6.54 Å². The number of hydrogen-bond donors (Lipinski definition) is 2. The number of nitrogens with two attached hydrogens (primary N) is 1. The van der Waals surface area contributed by atoms with Crippen LogP contribution in [0.3, 0.4) is 0 Å². The molecule has 1 fully saturated rings. The Hall–Kier alpha value is -1.42. The first-order valence-electron chi connectivity index (χ1n) is 5.63. The fourth-order valence-electron chi connectivity index (χ4n) is 1.46. The van der Waals surface area contributed by atoms with E-state index in [0.717, 1.165) is 12.8 Å². The summed E-state index contributed by atoms with van der Waals surface area (Å²) in [7, 11) is -3.51. The molecule has 2 rings (SSSR count). The second-order valence-corrected chi connectivity index (χ2v) is 6.26. The van der Waals surface area contributed by atoms with Crippen LogP contribution in [0.25, 0.3) is 0 Å². The van der Waals surface area contributed by atoms with E-state index in [1.165, 1.54) is 18.5 Å². The zero-order valence-electron chi connectivity index (χ0n) is 10.1. The van der Waals surface area contributed by atoms with Crippen molar-refractivity contribution in [1.29, 1.82) is 0 Å². The molecule has 0 aliphatic heterocycles. The number of nitrogens with zero attached hydrogens (tertiary/aromatic N) is 1.